The van der Waals surface area contributed by atoms with Crippen LogP contribution >= 0.6 is 0 Å². The second-order valence-electron chi connectivity index (χ2n) is 4.93. The normalized spacial score (nSPS) is 12.3. The van der Waals surface area contributed by atoms with E-state index in [1.54, 1.807) is 4.90 Å². The topological polar surface area (TPSA) is 32.3 Å². The van der Waals surface area contributed by atoms with Gasteiger partial charge < -0.3 is 10.2 Å². The van der Waals surface area contributed by atoms with Gasteiger partial charge in [0.2, 0.25) is 5.91 Å². The number of hydrogen-bond acceptors (Lipinski definition) is 2. The molecule has 0 aliphatic carbocycles. The Bertz CT molecular complexity index is 415. The Morgan fingerprint density at radius 2 is 2.06 bits per heavy atom. The molecule has 1 amide bonds. The lowest BCUT2D eigenvalue weighted by molar-refractivity contribution is -0.117. The first-order valence-corrected chi connectivity index (χ1v) is 6.53. The van der Waals surface area contributed by atoms with Crippen LogP contribution in [0.4, 0.5) is 5.69 Å². The van der Waals surface area contributed by atoms with E-state index in [4.69, 9.17) is 0 Å². The molecular weight excluding hydrogens is 224 g/mol. The predicted molar refractivity (Wildman–Crippen MR) is 77.1 cm³/mol. The smallest absolute Gasteiger partial charge is 0.240 e. The average Bonchev–Trinajstić information content (AvgIpc) is 2.34. The van der Waals surface area contributed by atoms with Crippen LogP contribution in [-0.2, 0) is 4.79 Å². The van der Waals surface area contributed by atoms with E-state index in [1.165, 1.54) is 5.56 Å². The molecule has 0 aliphatic rings. The summed E-state index contributed by atoms with van der Waals surface area (Å²) in [5.41, 5.74) is 3.33. The van der Waals surface area contributed by atoms with Crippen molar-refractivity contribution in [3.8, 4) is 0 Å². The zero-order valence-electron chi connectivity index (χ0n) is 12.1. The van der Waals surface area contributed by atoms with Crippen LogP contribution in [0, 0.1) is 13.8 Å². The van der Waals surface area contributed by atoms with Crippen LogP contribution in [0.2, 0.25) is 0 Å². The number of rotatable bonds is 5. The summed E-state index contributed by atoms with van der Waals surface area (Å²) in [5.74, 6) is 0.0993. The van der Waals surface area contributed by atoms with Crippen LogP contribution in [0.5, 0.6) is 0 Å². The highest BCUT2D eigenvalue weighted by atomic mass is 16.2. The van der Waals surface area contributed by atoms with E-state index in [0.717, 1.165) is 17.7 Å². The van der Waals surface area contributed by atoms with Crippen molar-refractivity contribution in [2.24, 2.45) is 0 Å². The van der Waals surface area contributed by atoms with Gasteiger partial charge in [0.1, 0.15) is 0 Å². The molecule has 0 radical (unpaired) electrons. The van der Waals surface area contributed by atoms with Gasteiger partial charge in [0.25, 0.3) is 0 Å². The number of carbonyl (C=O) groups excluding carboxylic acids is 1. The molecule has 18 heavy (non-hydrogen) atoms. The summed E-state index contributed by atoms with van der Waals surface area (Å²) in [6, 6.07) is 6.52. The molecule has 1 rings (SSSR count). The molecule has 1 unspecified atom stereocenters. The molecule has 0 saturated carbocycles. The molecule has 1 aromatic rings. The van der Waals surface area contributed by atoms with E-state index in [2.05, 4.69) is 32.2 Å². The van der Waals surface area contributed by atoms with Gasteiger partial charge in [-0.25, -0.2) is 0 Å². The highest BCUT2D eigenvalue weighted by Crippen LogP contribution is 2.19. The van der Waals surface area contributed by atoms with Crippen molar-refractivity contribution in [1.29, 1.82) is 0 Å². The van der Waals surface area contributed by atoms with Crippen molar-refractivity contribution >= 4 is 11.6 Å². The zero-order chi connectivity index (χ0) is 13.7. The van der Waals surface area contributed by atoms with Gasteiger partial charge in [-0.1, -0.05) is 24.6 Å². The minimum absolute atomic E-state index is 0.0993. The second kappa shape index (κ2) is 6.55. The molecule has 0 aliphatic heterocycles. The van der Waals surface area contributed by atoms with E-state index in [1.807, 2.05) is 26.1 Å². The number of anilines is 1. The first-order chi connectivity index (χ1) is 8.45. The molecule has 0 aromatic heterocycles. The number of benzene rings is 1. The molecule has 3 heteroatoms. The maximum Gasteiger partial charge on any atom is 0.240 e. The molecule has 1 atom stereocenters. The summed E-state index contributed by atoms with van der Waals surface area (Å²) >= 11 is 0. The molecule has 0 bridgehead atoms. The van der Waals surface area contributed by atoms with Crippen LogP contribution in [0.3, 0.4) is 0 Å². The largest absolute Gasteiger partial charge is 0.314 e. The van der Waals surface area contributed by atoms with Gasteiger partial charge in [-0.2, -0.15) is 0 Å². The number of likely N-dealkylation sites (N-methyl/N-ethyl adjacent to an activating group) is 1. The molecule has 0 fully saturated rings. The standard InChI is InChI=1S/C15H24N2O/c1-6-13(4)16-10-15(18)17(5)14-8-7-11(2)9-12(14)3/h7-9,13,16H,6,10H2,1-5H3. The Kier molecular flexibility index (Phi) is 5.35. The third-order valence-electron chi connectivity index (χ3n) is 3.30. The van der Waals surface area contributed by atoms with E-state index in [0.29, 0.717) is 12.6 Å². The van der Waals surface area contributed by atoms with Gasteiger partial charge in [-0.15, -0.1) is 0 Å². The summed E-state index contributed by atoms with van der Waals surface area (Å²) in [4.78, 5) is 13.8. The Morgan fingerprint density at radius 1 is 1.39 bits per heavy atom. The fourth-order valence-electron chi connectivity index (χ4n) is 1.84. The number of amides is 1. The minimum atomic E-state index is 0.0993. The summed E-state index contributed by atoms with van der Waals surface area (Å²) in [6.07, 6.45) is 1.03. The average molecular weight is 248 g/mol. The van der Waals surface area contributed by atoms with Crippen molar-refractivity contribution in [3.63, 3.8) is 0 Å². The van der Waals surface area contributed by atoms with Crippen molar-refractivity contribution in [2.45, 2.75) is 40.2 Å². The SMILES string of the molecule is CCC(C)NCC(=O)N(C)c1ccc(C)cc1C. The van der Waals surface area contributed by atoms with E-state index in [9.17, 15) is 4.79 Å². The third-order valence-corrected chi connectivity index (χ3v) is 3.30. The molecule has 3 nitrogen and oxygen atoms in total. The lowest BCUT2D eigenvalue weighted by Gasteiger charge is -2.21. The quantitative estimate of drug-likeness (QED) is 0.869. The monoisotopic (exact) mass is 248 g/mol. The fourth-order valence-corrected chi connectivity index (χ4v) is 1.84. The first-order valence-electron chi connectivity index (χ1n) is 6.53. The van der Waals surface area contributed by atoms with Crippen LogP contribution in [0.25, 0.3) is 0 Å². The fraction of sp³-hybridized carbons (Fsp3) is 0.533. The minimum Gasteiger partial charge on any atom is -0.314 e. The van der Waals surface area contributed by atoms with Gasteiger partial charge in [-0.05, 0) is 38.8 Å². The molecule has 0 heterocycles. The van der Waals surface area contributed by atoms with Crippen LogP contribution in [-0.4, -0.2) is 25.5 Å². The summed E-state index contributed by atoms with van der Waals surface area (Å²) in [5, 5.41) is 3.22. The van der Waals surface area contributed by atoms with Gasteiger partial charge in [0.15, 0.2) is 0 Å². The molecular formula is C15H24N2O. The lowest BCUT2D eigenvalue weighted by atomic mass is 10.1. The van der Waals surface area contributed by atoms with E-state index < -0.39 is 0 Å². The third kappa shape index (κ3) is 3.84. The predicted octanol–water partition coefficient (Wildman–Crippen LogP) is 2.65. The zero-order valence-corrected chi connectivity index (χ0v) is 12.1. The molecule has 0 saturated heterocycles. The highest BCUT2D eigenvalue weighted by Gasteiger charge is 2.13. The van der Waals surface area contributed by atoms with Crippen LogP contribution in [0.15, 0.2) is 18.2 Å². The first kappa shape index (κ1) is 14.7. The second-order valence-corrected chi connectivity index (χ2v) is 4.93. The van der Waals surface area contributed by atoms with Gasteiger partial charge in [-0.3, -0.25) is 4.79 Å². The van der Waals surface area contributed by atoms with Gasteiger partial charge in [0, 0.05) is 18.8 Å². The maximum atomic E-state index is 12.1. The number of nitrogens with zero attached hydrogens (tertiary/aromatic N) is 1. The number of carbonyl (C=O) groups is 1. The van der Waals surface area contributed by atoms with Gasteiger partial charge >= 0.3 is 0 Å². The van der Waals surface area contributed by atoms with E-state index >= 15 is 0 Å². The number of hydrogen-bond donors (Lipinski definition) is 1. The van der Waals surface area contributed by atoms with Crippen LogP contribution < -0.4 is 10.2 Å². The maximum absolute atomic E-state index is 12.1. The highest BCUT2D eigenvalue weighted by molar-refractivity contribution is 5.95. The molecule has 0 spiro atoms. The van der Waals surface area contributed by atoms with Crippen molar-refractivity contribution < 1.29 is 4.79 Å². The molecule has 1 N–H and O–H groups in total. The summed E-state index contributed by atoms with van der Waals surface area (Å²) in [7, 11) is 1.83. The van der Waals surface area contributed by atoms with E-state index in [-0.39, 0.29) is 5.91 Å². The van der Waals surface area contributed by atoms with Crippen LogP contribution in [0.1, 0.15) is 31.4 Å². The Hall–Kier alpha value is -1.35. The number of aryl methyl sites for hydroxylation is 2. The van der Waals surface area contributed by atoms with Crippen molar-refractivity contribution in [3.05, 3.63) is 29.3 Å². The summed E-state index contributed by atoms with van der Waals surface area (Å²) in [6.45, 7) is 8.68. The van der Waals surface area contributed by atoms with Gasteiger partial charge in [0.05, 0.1) is 6.54 Å². The van der Waals surface area contributed by atoms with Crippen molar-refractivity contribution in [2.75, 3.05) is 18.5 Å². The Morgan fingerprint density at radius 3 is 2.61 bits per heavy atom. The van der Waals surface area contributed by atoms with Crippen molar-refractivity contribution in [1.82, 2.24) is 5.32 Å². The molecule has 1 aromatic carbocycles. The summed E-state index contributed by atoms with van der Waals surface area (Å²) < 4.78 is 0. The molecule has 100 valence electrons. The lowest BCUT2D eigenvalue weighted by Crippen LogP contribution is -2.39. The Labute approximate surface area is 110 Å². The Balaban J connectivity index is 2.68. The number of nitrogens with one attached hydrogen (secondary N) is 1.